The van der Waals surface area contributed by atoms with Crippen molar-refractivity contribution in [3.8, 4) is 0 Å². The van der Waals surface area contributed by atoms with E-state index < -0.39 is 0 Å². The van der Waals surface area contributed by atoms with E-state index in [-0.39, 0.29) is 0 Å². The number of thiazole rings is 1. The van der Waals surface area contributed by atoms with Gasteiger partial charge < -0.3 is 10.1 Å². The van der Waals surface area contributed by atoms with Crippen LogP contribution in [0.15, 0.2) is 24.3 Å². The lowest BCUT2D eigenvalue weighted by molar-refractivity contribution is -0.0172. The molecule has 1 unspecified atom stereocenters. The molecule has 1 N–H and O–H groups in total. The van der Waals surface area contributed by atoms with Crippen LogP contribution in [0.5, 0.6) is 0 Å². The number of hydrogen-bond acceptors (Lipinski definition) is 5. The van der Waals surface area contributed by atoms with Crippen molar-refractivity contribution in [2.24, 2.45) is 5.92 Å². The van der Waals surface area contributed by atoms with Crippen LogP contribution < -0.4 is 5.32 Å². The van der Waals surface area contributed by atoms with Crippen LogP contribution in [0.2, 0.25) is 0 Å². The average molecular weight is 317 g/mol. The van der Waals surface area contributed by atoms with Crippen LogP contribution in [0.4, 0.5) is 0 Å². The third-order valence-electron chi connectivity index (χ3n) is 4.79. The van der Waals surface area contributed by atoms with Gasteiger partial charge >= 0.3 is 0 Å². The van der Waals surface area contributed by atoms with Gasteiger partial charge in [-0.3, -0.25) is 4.90 Å². The number of piperidine rings is 1. The lowest BCUT2D eigenvalue weighted by Crippen LogP contribution is -2.43. The van der Waals surface area contributed by atoms with Gasteiger partial charge in [0, 0.05) is 13.1 Å². The molecule has 2 aromatic rings. The number of nitrogens with zero attached hydrogens (tertiary/aromatic N) is 2. The molecule has 2 aliphatic heterocycles. The van der Waals surface area contributed by atoms with Crippen LogP contribution in [0.1, 0.15) is 23.9 Å². The number of rotatable bonds is 3. The fourth-order valence-electron chi connectivity index (χ4n) is 3.51. The van der Waals surface area contributed by atoms with Gasteiger partial charge in [-0.15, -0.1) is 11.3 Å². The maximum Gasteiger partial charge on any atom is 0.113 e. The van der Waals surface area contributed by atoms with E-state index in [4.69, 9.17) is 9.72 Å². The summed E-state index contributed by atoms with van der Waals surface area (Å²) in [5, 5.41) is 4.68. The van der Waals surface area contributed by atoms with E-state index in [2.05, 4.69) is 34.5 Å². The molecular weight excluding hydrogens is 294 g/mol. The SMILES string of the molecule is c1ccc2sc(C3COCCN3CC3CCNCC3)nc2c1. The van der Waals surface area contributed by atoms with Crippen LogP contribution in [0.3, 0.4) is 0 Å². The van der Waals surface area contributed by atoms with Gasteiger partial charge in [-0.1, -0.05) is 12.1 Å². The second-order valence-electron chi connectivity index (χ2n) is 6.30. The van der Waals surface area contributed by atoms with E-state index in [9.17, 15) is 0 Å². The minimum Gasteiger partial charge on any atom is -0.378 e. The van der Waals surface area contributed by atoms with Gasteiger partial charge in [-0.2, -0.15) is 0 Å². The molecule has 1 aromatic heterocycles. The van der Waals surface area contributed by atoms with E-state index in [1.165, 1.54) is 42.2 Å². The molecule has 4 nitrogen and oxygen atoms in total. The van der Waals surface area contributed by atoms with Gasteiger partial charge in [-0.05, 0) is 44.0 Å². The predicted octanol–water partition coefficient (Wildman–Crippen LogP) is 2.67. The van der Waals surface area contributed by atoms with Crippen LogP contribution in [0.25, 0.3) is 10.2 Å². The number of hydrogen-bond donors (Lipinski definition) is 1. The van der Waals surface area contributed by atoms with E-state index in [1.54, 1.807) is 0 Å². The van der Waals surface area contributed by atoms with E-state index >= 15 is 0 Å². The topological polar surface area (TPSA) is 37.4 Å². The molecule has 4 rings (SSSR count). The van der Waals surface area contributed by atoms with Crippen molar-refractivity contribution in [3.05, 3.63) is 29.3 Å². The largest absolute Gasteiger partial charge is 0.378 e. The summed E-state index contributed by atoms with van der Waals surface area (Å²) in [4.78, 5) is 7.47. The Hall–Kier alpha value is -1.01. The maximum absolute atomic E-state index is 5.76. The van der Waals surface area contributed by atoms with Gasteiger partial charge in [-0.25, -0.2) is 4.98 Å². The summed E-state index contributed by atoms with van der Waals surface area (Å²) in [6, 6.07) is 8.76. The Morgan fingerprint density at radius 3 is 3.00 bits per heavy atom. The average Bonchev–Trinajstić information content (AvgIpc) is 3.00. The van der Waals surface area contributed by atoms with Gasteiger partial charge in [0.05, 0.1) is 29.5 Å². The molecular formula is C17H23N3OS. The number of benzene rings is 1. The first-order valence-corrected chi connectivity index (χ1v) is 9.10. The van der Waals surface area contributed by atoms with Gasteiger partial charge in [0.1, 0.15) is 5.01 Å². The first-order chi connectivity index (χ1) is 10.9. The highest BCUT2D eigenvalue weighted by Crippen LogP contribution is 2.32. The van der Waals surface area contributed by atoms with Crippen molar-refractivity contribution in [2.75, 3.05) is 39.4 Å². The first kappa shape index (κ1) is 14.6. The number of ether oxygens (including phenoxy) is 1. The summed E-state index contributed by atoms with van der Waals surface area (Å²) in [7, 11) is 0. The molecule has 1 aromatic carbocycles. The van der Waals surface area contributed by atoms with Crippen LogP contribution >= 0.6 is 11.3 Å². The maximum atomic E-state index is 5.76. The monoisotopic (exact) mass is 317 g/mol. The van der Waals surface area contributed by atoms with E-state index in [0.29, 0.717) is 6.04 Å². The third-order valence-corrected chi connectivity index (χ3v) is 5.92. The fraction of sp³-hybridized carbons (Fsp3) is 0.588. The van der Waals surface area contributed by atoms with Crippen molar-refractivity contribution in [1.29, 1.82) is 0 Å². The fourth-order valence-corrected chi connectivity index (χ4v) is 4.60. The highest BCUT2D eigenvalue weighted by Gasteiger charge is 2.29. The van der Waals surface area contributed by atoms with Crippen molar-refractivity contribution < 1.29 is 4.74 Å². The zero-order valence-corrected chi connectivity index (χ0v) is 13.6. The minimum absolute atomic E-state index is 0.334. The quantitative estimate of drug-likeness (QED) is 0.944. The van der Waals surface area contributed by atoms with Gasteiger partial charge in [0.15, 0.2) is 0 Å². The number of para-hydroxylation sites is 1. The second-order valence-corrected chi connectivity index (χ2v) is 7.36. The standard InChI is InChI=1S/C17H23N3OS/c1-2-4-16-14(3-1)19-17(22-16)15-12-21-10-9-20(15)11-13-5-7-18-8-6-13/h1-4,13,15,18H,5-12H2. The number of aromatic nitrogens is 1. The number of morpholine rings is 1. The molecule has 2 aliphatic rings. The molecule has 0 saturated carbocycles. The molecule has 0 spiro atoms. The molecule has 2 saturated heterocycles. The number of nitrogens with one attached hydrogen (secondary N) is 1. The van der Waals surface area contributed by atoms with Crippen molar-refractivity contribution >= 4 is 21.6 Å². The highest BCUT2D eigenvalue weighted by molar-refractivity contribution is 7.18. The van der Waals surface area contributed by atoms with Crippen LogP contribution in [-0.2, 0) is 4.74 Å². The Kier molecular flexibility index (Phi) is 4.39. The Morgan fingerprint density at radius 2 is 2.14 bits per heavy atom. The lowest BCUT2D eigenvalue weighted by atomic mass is 9.96. The van der Waals surface area contributed by atoms with E-state index in [0.717, 1.165) is 31.2 Å². The molecule has 0 aliphatic carbocycles. The predicted molar refractivity (Wildman–Crippen MR) is 90.3 cm³/mol. The molecule has 0 radical (unpaired) electrons. The lowest BCUT2D eigenvalue weighted by Gasteiger charge is -2.37. The molecule has 2 fully saturated rings. The van der Waals surface area contributed by atoms with Gasteiger partial charge in [0.2, 0.25) is 0 Å². The van der Waals surface area contributed by atoms with Crippen LogP contribution in [0, 0.1) is 5.92 Å². The molecule has 3 heterocycles. The Bertz CT molecular complexity index is 590. The van der Waals surface area contributed by atoms with Crippen molar-refractivity contribution in [3.63, 3.8) is 0 Å². The number of fused-ring (bicyclic) bond motifs is 1. The molecule has 0 bridgehead atoms. The van der Waals surface area contributed by atoms with Crippen molar-refractivity contribution in [2.45, 2.75) is 18.9 Å². The molecule has 118 valence electrons. The summed E-state index contributed by atoms with van der Waals surface area (Å²) in [5.74, 6) is 0.816. The smallest absolute Gasteiger partial charge is 0.113 e. The Morgan fingerprint density at radius 1 is 1.27 bits per heavy atom. The Balaban J connectivity index is 1.54. The summed E-state index contributed by atoms with van der Waals surface area (Å²) in [6.07, 6.45) is 2.59. The minimum atomic E-state index is 0.334. The molecule has 22 heavy (non-hydrogen) atoms. The first-order valence-electron chi connectivity index (χ1n) is 8.28. The van der Waals surface area contributed by atoms with Crippen LogP contribution in [-0.4, -0.2) is 49.3 Å². The molecule has 0 amide bonds. The zero-order valence-electron chi connectivity index (χ0n) is 12.8. The second kappa shape index (κ2) is 6.62. The zero-order chi connectivity index (χ0) is 14.8. The Labute approximate surface area is 135 Å². The summed E-state index contributed by atoms with van der Waals surface area (Å²) < 4.78 is 7.05. The molecule has 5 heteroatoms. The summed E-state index contributed by atoms with van der Waals surface area (Å²) in [5.41, 5.74) is 1.12. The molecule has 1 atom stereocenters. The van der Waals surface area contributed by atoms with Gasteiger partial charge in [0.25, 0.3) is 0 Å². The van der Waals surface area contributed by atoms with Crippen molar-refractivity contribution in [1.82, 2.24) is 15.2 Å². The van der Waals surface area contributed by atoms with E-state index in [1.807, 2.05) is 11.3 Å². The summed E-state index contributed by atoms with van der Waals surface area (Å²) >= 11 is 1.82. The summed E-state index contributed by atoms with van der Waals surface area (Å²) in [6.45, 7) is 6.19. The third kappa shape index (κ3) is 3.04. The normalized spacial score (nSPS) is 24.8. The highest BCUT2D eigenvalue weighted by atomic mass is 32.1.